The molecule has 1 aromatic rings. The number of alkyl halides is 1. The van der Waals surface area contributed by atoms with E-state index >= 15 is 0 Å². The molecule has 0 spiro atoms. The molecular weight excluding hydrogens is 204 g/mol. The van der Waals surface area contributed by atoms with Crippen molar-refractivity contribution in [2.45, 2.75) is 12.7 Å². The van der Waals surface area contributed by atoms with Gasteiger partial charge in [0.2, 0.25) is 0 Å². The molecule has 3 nitrogen and oxygen atoms in total. The number of ether oxygens (including phenoxy) is 2. The lowest BCUT2D eigenvalue weighted by molar-refractivity contribution is -0.156. The van der Waals surface area contributed by atoms with E-state index in [9.17, 15) is 5.11 Å². The summed E-state index contributed by atoms with van der Waals surface area (Å²) in [5.41, 5.74) is 1.05. The van der Waals surface area contributed by atoms with E-state index in [1.807, 2.05) is 25.1 Å². The quantitative estimate of drug-likeness (QED) is 0.724. The minimum Gasteiger partial charge on any atom is -0.483 e. The highest BCUT2D eigenvalue weighted by molar-refractivity contribution is 6.18. The number of hydrogen-bond donors (Lipinski definition) is 1. The molecule has 1 N–H and O–H groups in total. The van der Waals surface area contributed by atoms with Crippen LogP contribution < -0.4 is 9.47 Å². The number of aryl methyl sites for hydroxylation is 1. The Morgan fingerprint density at radius 3 is 3.00 bits per heavy atom. The van der Waals surface area contributed by atoms with E-state index in [-0.39, 0.29) is 12.5 Å². The van der Waals surface area contributed by atoms with E-state index in [0.717, 1.165) is 5.56 Å². The molecule has 2 rings (SSSR count). The molecule has 0 radical (unpaired) electrons. The van der Waals surface area contributed by atoms with Crippen LogP contribution in [0.5, 0.6) is 11.5 Å². The maximum absolute atomic E-state index is 9.74. The molecule has 1 heterocycles. The van der Waals surface area contributed by atoms with Crippen molar-refractivity contribution in [3.05, 3.63) is 23.8 Å². The van der Waals surface area contributed by atoms with Gasteiger partial charge in [-0.3, -0.25) is 0 Å². The fourth-order valence-corrected chi connectivity index (χ4v) is 1.44. The van der Waals surface area contributed by atoms with Gasteiger partial charge >= 0.3 is 0 Å². The summed E-state index contributed by atoms with van der Waals surface area (Å²) in [5, 5.41) is 9.74. The molecule has 1 aromatic carbocycles. The number of fused-ring (bicyclic) bond motifs is 1. The first-order valence-corrected chi connectivity index (χ1v) is 4.87. The second-order valence-electron chi connectivity index (χ2n) is 3.42. The topological polar surface area (TPSA) is 38.7 Å². The van der Waals surface area contributed by atoms with Gasteiger partial charge in [-0.05, 0) is 24.6 Å². The summed E-state index contributed by atoms with van der Waals surface area (Å²) in [4.78, 5) is 0. The van der Waals surface area contributed by atoms with Crippen LogP contribution in [0.15, 0.2) is 18.2 Å². The number of benzene rings is 1. The van der Waals surface area contributed by atoms with Crippen molar-refractivity contribution in [3.8, 4) is 11.5 Å². The average Bonchev–Trinajstić information content (AvgIpc) is 2.17. The Kier molecular flexibility index (Phi) is 2.29. The summed E-state index contributed by atoms with van der Waals surface area (Å²) >= 11 is 5.57. The minimum atomic E-state index is -1.40. The predicted octanol–water partition coefficient (Wildman–Crippen LogP) is 1.69. The van der Waals surface area contributed by atoms with Gasteiger partial charge < -0.3 is 14.6 Å². The lowest BCUT2D eigenvalue weighted by Gasteiger charge is -2.32. The summed E-state index contributed by atoms with van der Waals surface area (Å²) in [6, 6.07) is 5.55. The van der Waals surface area contributed by atoms with Crippen molar-refractivity contribution >= 4 is 11.6 Å². The third kappa shape index (κ3) is 1.65. The van der Waals surface area contributed by atoms with Gasteiger partial charge in [0.05, 0.1) is 5.88 Å². The first kappa shape index (κ1) is 9.62. The Morgan fingerprint density at radius 2 is 2.29 bits per heavy atom. The molecule has 1 atom stereocenters. The fraction of sp³-hybridized carbons (Fsp3) is 0.400. The molecule has 0 unspecified atom stereocenters. The highest BCUT2D eigenvalue weighted by Crippen LogP contribution is 2.35. The number of aliphatic hydroxyl groups is 1. The third-order valence-corrected chi connectivity index (χ3v) is 2.48. The van der Waals surface area contributed by atoms with Crippen LogP contribution in [0.25, 0.3) is 0 Å². The number of hydrogen-bond acceptors (Lipinski definition) is 3. The van der Waals surface area contributed by atoms with Gasteiger partial charge in [-0.2, -0.15) is 0 Å². The summed E-state index contributed by atoms with van der Waals surface area (Å²) < 4.78 is 10.7. The number of halogens is 1. The van der Waals surface area contributed by atoms with E-state index in [0.29, 0.717) is 11.5 Å². The molecule has 0 aliphatic carbocycles. The monoisotopic (exact) mass is 214 g/mol. The zero-order chi connectivity index (χ0) is 10.2. The highest BCUT2D eigenvalue weighted by atomic mass is 35.5. The maximum Gasteiger partial charge on any atom is 0.256 e. The second-order valence-corrected chi connectivity index (χ2v) is 3.69. The fourth-order valence-electron chi connectivity index (χ4n) is 1.30. The van der Waals surface area contributed by atoms with E-state index in [2.05, 4.69) is 0 Å². The van der Waals surface area contributed by atoms with Crippen LogP contribution in [0.2, 0.25) is 0 Å². The minimum absolute atomic E-state index is 0.0135. The Balaban J connectivity index is 2.33. The lowest BCUT2D eigenvalue weighted by Crippen LogP contribution is -2.46. The SMILES string of the molecule is Cc1ccc2c(c1)O[C@](O)(CCl)CO2. The lowest BCUT2D eigenvalue weighted by atomic mass is 10.2. The van der Waals surface area contributed by atoms with Gasteiger partial charge in [0.15, 0.2) is 18.1 Å². The van der Waals surface area contributed by atoms with Crippen molar-refractivity contribution in [1.82, 2.24) is 0 Å². The van der Waals surface area contributed by atoms with Crippen molar-refractivity contribution in [3.63, 3.8) is 0 Å². The molecule has 1 aliphatic rings. The molecule has 14 heavy (non-hydrogen) atoms. The smallest absolute Gasteiger partial charge is 0.256 e. The van der Waals surface area contributed by atoms with Gasteiger partial charge in [-0.15, -0.1) is 11.6 Å². The number of rotatable bonds is 1. The zero-order valence-corrected chi connectivity index (χ0v) is 8.54. The molecule has 0 amide bonds. The average molecular weight is 215 g/mol. The van der Waals surface area contributed by atoms with Crippen LogP contribution >= 0.6 is 11.6 Å². The van der Waals surface area contributed by atoms with Gasteiger partial charge in [0.1, 0.15) is 0 Å². The van der Waals surface area contributed by atoms with Gasteiger partial charge in [-0.25, -0.2) is 0 Å². The summed E-state index contributed by atoms with van der Waals surface area (Å²) in [7, 11) is 0. The highest BCUT2D eigenvalue weighted by Gasteiger charge is 2.34. The standard InChI is InChI=1S/C10H11ClO3/c1-7-2-3-8-9(4-7)14-10(12,5-11)6-13-8/h2-4,12H,5-6H2,1H3/t10-/m1/s1. The Morgan fingerprint density at radius 1 is 1.50 bits per heavy atom. The van der Waals surface area contributed by atoms with E-state index < -0.39 is 5.79 Å². The van der Waals surface area contributed by atoms with Crippen molar-refractivity contribution in [2.75, 3.05) is 12.5 Å². The van der Waals surface area contributed by atoms with E-state index in [4.69, 9.17) is 21.1 Å². The predicted molar refractivity (Wildman–Crippen MR) is 53.0 cm³/mol. The van der Waals surface area contributed by atoms with Crippen molar-refractivity contribution in [2.24, 2.45) is 0 Å². The largest absolute Gasteiger partial charge is 0.483 e. The molecule has 0 saturated heterocycles. The van der Waals surface area contributed by atoms with Crippen LogP contribution in [0.3, 0.4) is 0 Å². The second kappa shape index (κ2) is 3.33. The van der Waals surface area contributed by atoms with Crippen LogP contribution in [-0.2, 0) is 0 Å². The molecule has 76 valence electrons. The van der Waals surface area contributed by atoms with E-state index in [1.54, 1.807) is 0 Å². The maximum atomic E-state index is 9.74. The Labute approximate surface area is 87.2 Å². The van der Waals surface area contributed by atoms with Gasteiger partial charge in [0.25, 0.3) is 5.79 Å². The van der Waals surface area contributed by atoms with Crippen LogP contribution in [0, 0.1) is 6.92 Å². The van der Waals surface area contributed by atoms with Crippen molar-refractivity contribution < 1.29 is 14.6 Å². The molecule has 1 aliphatic heterocycles. The Bertz CT molecular complexity index is 353. The molecule has 0 fully saturated rings. The Hall–Kier alpha value is -0.930. The molecular formula is C10H11ClO3. The van der Waals surface area contributed by atoms with Crippen molar-refractivity contribution in [1.29, 1.82) is 0 Å². The summed E-state index contributed by atoms with van der Waals surface area (Å²) in [6.45, 7) is 2.00. The van der Waals surface area contributed by atoms with Gasteiger partial charge in [-0.1, -0.05) is 6.07 Å². The van der Waals surface area contributed by atoms with Crippen LogP contribution in [-0.4, -0.2) is 23.4 Å². The summed E-state index contributed by atoms with van der Waals surface area (Å²) in [5.74, 6) is -0.229. The first-order chi connectivity index (χ1) is 6.63. The van der Waals surface area contributed by atoms with Crippen LogP contribution in [0.4, 0.5) is 0 Å². The molecule has 0 saturated carbocycles. The molecule has 0 bridgehead atoms. The van der Waals surface area contributed by atoms with Gasteiger partial charge in [0, 0.05) is 0 Å². The summed E-state index contributed by atoms with van der Waals surface area (Å²) in [6.07, 6.45) is 0. The zero-order valence-electron chi connectivity index (χ0n) is 7.79. The van der Waals surface area contributed by atoms with E-state index in [1.165, 1.54) is 0 Å². The third-order valence-electron chi connectivity index (χ3n) is 2.06. The molecule has 4 heteroatoms. The molecule has 0 aromatic heterocycles. The first-order valence-electron chi connectivity index (χ1n) is 4.34. The van der Waals surface area contributed by atoms with Crippen LogP contribution in [0.1, 0.15) is 5.56 Å². The normalized spacial score (nSPS) is 24.8.